The van der Waals surface area contributed by atoms with Crippen LogP contribution in [0.5, 0.6) is 0 Å². The minimum atomic E-state index is -0.123. The number of H-pyrrole nitrogens is 1. The van der Waals surface area contributed by atoms with Crippen molar-refractivity contribution in [3.8, 4) is 5.69 Å². The van der Waals surface area contributed by atoms with Crippen LogP contribution in [0.4, 0.5) is 0 Å². The van der Waals surface area contributed by atoms with Gasteiger partial charge in [0, 0.05) is 13.1 Å². The Morgan fingerprint density at radius 1 is 0.906 bits per heavy atom. The van der Waals surface area contributed by atoms with Crippen LogP contribution in [0.2, 0.25) is 0 Å². The zero-order valence-corrected chi connectivity index (χ0v) is 22.2. The molecule has 0 saturated heterocycles. The number of para-hydroxylation sites is 1. The molecule has 6 nitrogen and oxygen atoms in total. The minimum absolute atomic E-state index is 0.123. The smallest absolute Gasteiger partial charge is 0.278 e. The molecule has 0 saturated carbocycles. The zero-order chi connectivity index (χ0) is 23.7. The molecular weight excluding hydrogens is 458 g/mol. The molecule has 3 rings (SSSR count). The molecule has 32 heavy (non-hydrogen) atoms. The van der Waals surface area contributed by atoms with Crippen molar-refractivity contribution in [3.63, 3.8) is 0 Å². The fourth-order valence-corrected chi connectivity index (χ4v) is 5.11. The largest absolute Gasteiger partial charge is 0.317 e. The molecular formula is C23H35N5OS3. The maximum Gasteiger partial charge on any atom is 0.278 e. The number of nitrogens with one attached hydrogen (secondary N) is 1. The van der Waals surface area contributed by atoms with Crippen LogP contribution in [0.1, 0.15) is 34.6 Å². The average molecular weight is 494 g/mol. The van der Waals surface area contributed by atoms with Crippen molar-refractivity contribution in [2.24, 2.45) is 0 Å². The van der Waals surface area contributed by atoms with E-state index in [2.05, 4.69) is 49.4 Å². The van der Waals surface area contributed by atoms with E-state index in [0.29, 0.717) is 13.4 Å². The van der Waals surface area contributed by atoms with Crippen molar-refractivity contribution in [2.45, 2.75) is 41.2 Å². The number of rotatable bonds is 9. The average Bonchev–Trinajstić information content (AvgIpc) is 3.12. The molecule has 0 atom stereocenters. The third-order valence-corrected chi connectivity index (χ3v) is 7.33. The van der Waals surface area contributed by atoms with Gasteiger partial charge in [-0.25, -0.2) is 0 Å². The Morgan fingerprint density at radius 2 is 1.47 bits per heavy atom. The van der Waals surface area contributed by atoms with Gasteiger partial charge >= 0.3 is 0 Å². The van der Waals surface area contributed by atoms with Gasteiger partial charge in [0.05, 0.1) is 5.69 Å². The maximum absolute atomic E-state index is 13.0. The molecule has 1 N–H and O–H groups in total. The van der Waals surface area contributed by atoms with E-state index in [1.807, 2.05) is 34.9 Å². The third kappa shape index (κ3) is 6.45. The summed E-state index contributed by atoms with van der Waals surface area (Å²) in [5, 5.41) is 0. The van der Waals surface area contributed by atoms with Crippen LogP contribution < -0.4 is 5.56 Å². The summed E-state index contributed by atoms with van der Waals surface area (Å²) in [5.74, 6) is 0. The Morgan fingerprint density at radius 3 is 1.97 bits per heavy atom. The highest BCUT2D eigenvalue weighted by Crippen LogP contribution is 2.19. The predicted molar refractivity (Wildman–Crippen MR) is 143 cm³/mol. The van der Waals surface area contributed by atoms with Crippen molar-refractivity contribution < 1.29 is 0 Å². The van der Waals surface area contributed by atoms with E-state index >= 15 is 0 Å². The number of aromatic nitrogens is 3. The standard InChI is InChI=1S/C17H20N4OS3.C6H15N/c1-3-19(4-2)10-11-20-14-13(25-17(20)24)15(22)21(16(23)18-14)12-8-6-5-7-9-12;1-4-7(5-2)6-3/h5-9H,3-4,10-11H2,1-2H3,(H,18,23);4-6H2,1-3H3. The van der Waals surface area contributed by atoms with Gasteiger partial charge in [-0.2, -0.15) is 0 Å². The molecule has 0 fully saturated rings. The van der Waals surface area contributed by atoms with Crippen LogP contribution in [-0.4, -0.2) is 63.2 Å². The van der Waals surface area contributed by atoms with Crippen LogP contribution >= 0.6 is 35.8 Å². The van der Waals surface area contributed by atoms with E-state index < -0.39 is 0 Å². The number of thiazole rings is 1. The summed E-state index contributed by atoms with van der Waals surface area (Å²) in [5.41, 5.74) is 1.36. The van der Waals surface area contributed by atoms with Gasteiger partial charge in [-0.15, -0.1) is 0 Å². The first-order valence-electron chi connectivity index (χ1n) is 11.3. The Hall–Kier alpha value is -1.65. The second kappa shape index (κ2) is 13.2. The molecule has 9 heteroatoms. The minimum Gasteiger partial charge on any atom is -0.317 e. The lowest BCUT2D eigenvalue weighted by molar-refractivity contribution is 0.291. The van der Waals surface area contributed by atoms with E-state index in [1.54, 1.807) is 0 Å². The fraction of sp³-hybridized carbons (Fsp3) is 0.522. The molecule has 0 radical (unpaired) electrons. The monoisotopic (exact) mass is 493 g/mol. The number of nitrogens with zero attached hydrogens (tertiary/aromatic N) is 4. The van der Waals surface area contributed by atoms with Gasteiger partial charge < -0.3 is 19.4 Å². The van der Waals surface area contributed by atoms with Crippen molar-refractivity contribution >= 4 is 46.1 Å². The zero-order valence-electron chi connectivity index (χ0n) is 19.8. The van der Waals surface area contributed by atoms with E-state index in [4.69, 9.17) is 24.4 Å². The fourth-order valence-electron chi connectivity index (χ4n) is 3.49. The summed E-state index contributed by atoms with van der Waals surface area (Å²) in [7, 11) is 0. The van der Waals surface area contributed by atoms with E-state index in [-0.39, 0.29) is 5.56 Å². The predicted octanol–water partition coefficient (Wildman–Crippen LogP) is 5.33. The topological polar surface area (TPSA) is 49.2 Å². The maximum atomic E-state index is 13.0. The lowest BCUT2D eigenvalue weighted by Gasteiger charge is -2.18. The van der Waals surface area contributed by atoms with E-state index in [1.165, 1.54) is 35.5 Å². The van der Waals surface area contributed by atoms with Crippen molar-refractivity contribution in [1.29, 1.82) is 0 Å². The van der Waals surface area contributed by atoms with Gasteiger partial charge in [0.1, 0.15) is 10.3 Å². The molecule has 0 amide bonds. The van der Waals surface area contributed by atoms with Crippen LogP contribution in [0, 0.1) is 8.73 Å². The lowest BCUT2D eigenvalue weighted by atomic mass is 10.3. The lowest BCUT2D eigenvalue weighted by Crippen LogP contribution is -2.27. The summed E-state index contributed by atoms with van der Waals surface area (Å²) >= 11 is 12.3. The molecule has 0 aliphatic rings. The van der Waals surface area contributed by atoms with Gasteiger partial charge in [0.15, 0.2) is 8.73 Å². The molecule has 0 bridgehead atoms. The van der Waals surface area contributed by atoms with Crippen molar-refractivity contribution in [1.82, 2.24) is 23.9 Å². The number of benzene rings is 1. The highest BCUT2D eigenvalue weighted by atomic mass is 32.1. The number of likely N-dealkylation sites (N-methyl/N-ethyl adjacent to an activating group) is 1. The summed E-state index contributed by atoms with van der Waals surface area (Å²) in [6.45, 7) is 18.0. The molecule has 1 aromatic carbocycles. The normalized spacial score (nSPS) is 11.2. The van der Waals surface area contributed by atoms with Crippen LogP contribution in [-0.2, 0) is 6.54 Å². The molecule has 3 aromatic rings. The first-order valence-corrected chi connectivity index (χ1v) is 12.9. The summed E-state index contributed by atoms with van der Waals surface area (Å²) in [6.07, 6.45) is 0. The van der Waals surface area contributed by atoms with Crippen LogP contribution in [0.15, 0.2) is 35.1 Å². The summed E-state index contributed by atoms with van der Waals surface area (Å²) in [6, 6.07) is 9.42. The Labute approximate surface area is 205 Å². The summed E-state index contributed by atoms with van der Waals surface area (Å²) < 4.78 is 5.20. The third-order valence-electron chi connectivity index (χ3n) is 5.61. The van der Waals surface area contributed by atoms with Crippen LogP contribution in [0.25, 0.3) is 16.0 Å². The van der Waals surface area contributed by atoms with E-state index in [9.17, 15) is 4.79 Å². The van der Waals surface area contributed by atoms with Gasteiger partial charge in [-0.3, -0.25) is 9.36 Å². The molecule has 176 valence electrons. The molecule has 0 spiro atoms. The number of hydrogen-bond acceptors (Lipinski definition) is 6. The van der Waals surface area contributed by atoms with Gasteiger partial charge in [-0.1, -0.05) is 64.2 Å². The van der Waals surface area contributed by atoms with Crippen LogP contribution in [0.3, 0.4) is 0 Å². The Balaban J connectivity index is 0.000000451. The molecule has 0 aliphatic heterocycles. The first kappa shape index (κ1) is 26.6. The van der Waals surface area contributed by atoms with Crippen molar-refractivity contribution in [2.75, 3.05) is 39.3 Å². The van der Waals surface area contributed by atoms with E-state index in [0.717, 1.165) is 37.5 Å². The SMILES string of the molecule is CCN(CC)CC.CCN(CC)CCn1c(=S)sc2c(=O)n(-c3ccccc3)c(=S)[nH]c21. The Kier molecular flexibility index (Phi) is 10.9. The number of fused-ring (bicyclic) bond motifs is 1. The number of hydrogen-bond donors (Lipinski definition) is 1. The number of aromatic amines is 1. The molecule has 2 heterocycles. The second-order valence-electron chi connectivity index (χ2n) is 7.25. The quantitative estimate of drug-likeness (QED) is 0.408. The van der Waals surface area contributed by atoms with Gasteiger partial charge in [0.25, 0.3) is 5.56 Å². The molecule has 0 unspecified atom stereocenters. The molecule has 2 aromatic heterocycles. The highest BCUT2D eigenvalue weighted by molar-refractivity contribution is 7.73. The first-order chi connectivity index (χ1) is 15.4. The molecule has 0 aliphatic carbocycles. The van der Waals surface area contributed by atoms with Gasteiger partial charge in [-0.05, 0) is 69.3 Å². The highest BCUT2D eigenvalue weighted by Gasteiger charge is 2.14. The van der Waals surface area contributed by atoms with Gasteiger partial charge in [0.2, 0.25) is 0 Å². The van der Waals surface area contributed by atoms with Crippen molar-refractivity contribution in [3.05, 3.63) is 49.4 Å². The summed E-state index contributed by atoms with van der Waals surface area (Å²) in [4.78, 5) is 20.9. The second-order valence-corrected chi connectivity index (χ2v) is 9.28. The Bertz CT molecular complexity index is 1130.